The van der Waals surface area contributed by atoms with Crippen molar-refractivity contribution in [2.24, 2.45) is 0 Å². The maximum atomic E-state index is 12.5. The van der Waals surface area contributed by atoms with Crippen LogP contribution in [0.4, 0.5) is 5.69 Å². The summed E-state index contributed by atoms with van der Waals surface area (Å²) in [5, 5.41) is 0.224. The monoisotopic (exact) mass is 389 g/mol. The average molecular weight is 390 g/mol. The lowest BCUT2D eigenvalue weighted by molar-refractivity contribution is 0.414. The van der Waals surface area contributed by atoms with Gasteiger partial charge in [-0.25, -0.2) is 8.42 Å². The Kier molecular flexibility index (Phi) is 5.35. The van der Waals surface area contributed by atoms with E-state index in [1.165, 1.54) is 25.3 Å². The molecule has 0 unspecified atom stereocenters. The summed E-state index contributed by atoms with van der Waals surface area (Å²) in [5.74, 6) is 1.72. The molecular weight excluding hydrogens is 374 g/mol. The first kappa shape index (κ1) is 18.1. The van der Waals surface area contributed by atoms with E-state index in [-0.39, 0.29) is 9.92 Å². The molecule has 26 heavy (non-hydrogen) atoms. The highest BCUT2D eigenvalue weighted by atomic mass is 35.5. The zero-order valence-corrected chi connectivity index (χ0v) is 15.4. The predicted molar refractivity (Wildman–Crippen MR) is 102 cm³/mol. The van der Waals surface area contributed by atoms with Gasteiger partial charge in [0.2, 0.25) is 0 Å². The van der Waals surface area contributed by atoms with E-state index in [0.717, 1.165) is 0 Å². The highest BCUT2D eigenvalue weighted by molar-refractivity contribution is 7.92. The van der Waals surface area contributed by atoms with Gasteiger partial charge in [-0.1, -0.05) is 29.8 Å². The van der Waals surface area contributed by atoms with Crippen molar-refractivity contribution in [2.75, 3.05) is 11.8 Å². The molecule has 3 rings (SSSR count). The number of anilines is 1. The van der Waals surface area contributed by atoms with Crippen molar-refractivity contribution in [1.82, 2.24) is 0 Å². The number of hydrogen-bond acceptors (Lipinski definition) is 4. The smallest absolute Gasteiger partial charge is 0.261 e. The number of benzene rings is 3. The van der Waals surface area contributed by atoms with Crippen LogP contribution in [0, 0.1) is 0 Å². The normalized spacial score (nSPS) is 11.0. The number of para-hydroxylation sites is 1. The van der Waals surface area contributed by atoms with Gasteiger partial charge in [0.1, 0.15) is 17.2 Å². The lowest BCUT2D eigenvalue weighted by Crippen LogP contribution is -2.12. The molecular formula is C19H16ClNO4S. The molecule has 0 atom stereocenters. The van der Waals surface area contributed by atoms with E-state index in [4.69, 9.17) is 21.1 Å². The summed E-state index contributed by atoms with van der Waals surface area (Å²) in [6.07, 6.45) is 0. The predicted octanol–water partition coefficient (Wildman–Crippen LogP) is 4.94. The number of hydrogen-bond donors (Lipinski definition) is 1. The van der Waals surface area contributed by atoms with Gasteiger partial charge in [-0.15, -0.1) is 0 Å². The lowest BCUT2D eigenvalue weighted by Gasteiger charge is -2.11. The van der Waals surface area contributed by atoms with Gasteiger partial charge < -0.3 is 9.47 Å². The van der Waals surface area contributed by atoms with Crippen LogP contribution in [-0.2, 0) is 10.0 Å². The van der Waals surface area contributed by atoms with Crippen LogP contribution >= 0.6 is 11.6 Å². The van der Waals surface area contributed by atoms with Gasteiger partial charge >= 0.3 is 0 Å². The second kappa shape index (κ2) is 7.68. The molecule has 0 fully saturated rings. The van der Waals surface area contributed by atoms with Crippen LogP contribution in [0.3, 0.4) is 0 Å². The fraction of sp³-hybridized carbons (Fsp3) is 0.0526. The lowest BCUT2D eigenvalue weighted by atomic mass is 10.3. The molecule has 0 heterocycles. The highest BCUT2D eigenvalue weighted by Gasteiger charge is 2.16. The molecule has 0 aromatic heterocycles. The summed E-state index contributed by atoms with van der Waals surface area (Å²) in [4.78, 5) is 0.0490. The van der Waals surface area contributed by atoms with Crippen LogP contribution in [0.1, 0.15) is 0 Å². The van der Waals surface area contributed by atoms with E-state index in [1.807, 2.05) is 30.3 Å². The molecule has 0 aliphatic carbocycles. The molecule has 0 spiro atoms. The molecule has 0 aliphatic heterocycles. The Morgan fingerprint density at radius 3 is 2.15 bits per heavy atom. The molecule has 3 aromatic carbocycles. The van der Waals surface area contributed by atoms with Gasteiger partial charge in [0.25, 0.3) is 10.0 Å². The van der Waals surface area contributed by atoms with Gasteiger partial charge in [0, 0.05) is 5.69 Å². The van der Waals surface area contributed by atoms with Gasteiger partial charge in [-0.3, -0.25) is 4.72 Å². The molecule has 7 heteroatoms. The van der Waals surface area contributed by atoms with Crippen LogP contribution in [0.5, 0.6) is 17.2 Å². The minimum Gasteiger partial charge on any atom is -0.495 e. The maximum absolute atomic E-state index is 12.5. The summed E-state index contributed by atoms with van der Waals surface area (Å²) >= 11 is 6.00. The number of rotatable bonds is 6. The van der Waals surface area contributed by atoms with Crippen LogP contribution < -0.4 is 14.2 Å². The van der Waals surface area contributed by atoms with Gasteiger partial charge in [0.05, 0.1) is 17.0 Å². The van der Waals surface area contributed by atoms with Crippen LogP contribution in [0.25, 0.3) is 0 Å². The van der Waals surface area contributed by atoms with Crippen molar-refractivity contribution in [1.29, 1.82) is 0 Å². The molecule has 0 aliphatic rings. The zero-order valence-electron chi connectivity index (χ0n) is 13.8. The van der Waals surface area contributed by atoms with E-state index in [1.54, 1.807) is 24.3 Å². The summed E-state index contributed by atoms with van der Waals surface area (Å²) < 4.78 is 38.2. The number of halogens is 1. The minimum absolute atomic E-state index is 0.0490. The maximum Gasteiger partial charge on any atom is 0.261 e. The highest BCUT2D eigenvalue weighted by Crippen LogP contribution is 2.28. The third-order valence-electron chi connectivity index (χ3n) is 3.52. The molecule has 0 saturated heterocycles. The molecule has 0 bridgehead atoms. The minimum atomic E-state index is -3.76. The van der Waals surface area contributed by atoms with E-state index in [2.05, 4.69) is 4.72 Å². The summed E-state index contributed by atoms with van der Waals surface area (Å²) in [6, 6.07) is 20.2. The Hall–Kier alpha value is -2.70. The number of sulfonamides is 1. The van der Waals surface area contributed by atoms with E-state index in [0.29, 0.717) is 22.9 Å². The van der Waals surface area contributed by atoms with Gasteiger partial charge in [0.15, 0.2) is 0 Å². The molecule has 3 aromatic rings. The van der Waals surface area contributed by atoms with Crippen LogP contribution in [-0.4, -0.2) is 15.5 Å². The summed E-state index contributed by atoms with van der Waals surface area (Å²) in [5.41, 5.74) is 0.414. The average Bonchev–Trinajstić information content (AvgIpc) is 2.64. The molecule has 0 radical (unpaired) electrons. The fourth-order valence-electron chi connectivity index (χ4n) is 2.24. The molecule has 5 nitrogen and oxygen atoms in total. The van der Waals surface area contributed by atoms with Crippen molar-refractivity contribution in [3.05, 3.63) is 77.8 Å². The molecule has 0 amide bonds. The number of ether oxygens (including phenoxy) is 2. The van der Waals surface area contributed by atoms with Crippen molar-refractivity contribution in [3.8, 4) is 17.2 Å². The summed E-state index contributed by atoms with van der Waals surface area (Å²) in [7, 11) is -2.30. The summed E-state index contributed by atoms with van der Waals surface area (Å²) in [6.45, 7) is 0. The van der Waals surface area contributed by atoms with E-state index < -0.39 is 10.0 Å². The standard InChI is InChI=1S/C19H16ClNO4S/c1-24-19-12-11-17(13-18(19)20)26(22,23)21-14-7-9-16(10-8-14)25-15-5-3-2-4-6-15/h2-13,21H,1H3. The number of nitrogens with one attached hydrogen (secondary N) is 1. The van der Waals surface area contributed by atoms with Crippen LogP contribution in [0.15, 0.2) is 77.7 Å². The van der Waals surface area contributed by atoms with Crippen molar-refractivity contribution >= 4 is 27.3 Å². The zero-order chi connectivity index (χ0) is 18.6. The Bertz CT molecular complexity index is 990. The first-order valence-electron chi connectivity index (χ1n) is 7.67. The fourth-order valence-corrected chi connectivity index (χ4v) is 3.65. The van der Waals surface area contributed by atoms with Gasteiger partial charge in [-0.05, 0) is 54.6 Å². The van der Waals surface area contributed by atoms with Crippen LogP contribution in [0.2, 0.25) is 5.02 Å². The largest absolute Gasteiger partial charge is 0.495 e. The molecule has 0 saturated carbocycles. The van der Waals surface area contributed by atoms with Crippen molar-refractivity contribution in [2.45, 2.75) is 4.90 Å². The van der Waals surface area contributed by atoms with Crippen molar-refractivity contribution < 1.29 is 17.9 Å². The van der Waals surface area contributed by atoms with Gasteiger partial charge in [-0.2, -0.15) is 0 Å². The second-order valence-corrected chi connectivity index (χ2v) is 7.43. The Morgan fingerprint density at radius 2 is 1.54 bits per heavy atom. The molecule has 134 valence electrons. The topological polar surface area (TPSA) is 64.6 Å². The number of methoxy groups -OCH3 is 1. The quantitative estimate of drug-likeness (QED) is 0.648. The third-order valence-corrected chi connectivity index (χ3v) is 5.19. The Morgan fingerprint density at radius 1 is 0.885 bits per heavy atom. The Balaban J connectivity index is 1.74. The van der Waals surface area contributed by atoms with E-state index >= 15 is 0 Å². The second-order valence-electron chi connectivity index (χ2n) is 5.34. The first-order valence-corrected chi connectivity index (χ1v) is 9.53. The Labute approximate surface area is 157 Å². The van der Waals surface area contributed by atoms with Crippen molar-refractivity contribution in [3.63, 3.8) is 0 Å². The third kappa shape index (κ3) is 4.28. The SMILES string of the molecule is COc1ccc(S(=O)(=O)Nc2ccc(Oc3ccccc3)cc2)cc1Cl. The van der Waals surface area contributed by atoms with E-state index in [9.17, 15) is 8.42 Å². The first-order chi connectivity index (χ1) is 12.5. The molecule has 1 N–H and O–H groups in total.